The summed E-state index contributed by atoms with van der Waals surface area (Å²) in [7, 11) is 1.73. The molecule has 12 heavy (non-hydrogen) atoms. The van der Waals surface area contributed by atoms with Gasteiger partial charge in [0.05, 0.1) is 6.61 Å². The molecule has 1 aliphatic heterocycles. The van der Waals surface area contributed by atoms with E-state index in [4.69, 9.17) is 21.1 Å². The number of alkyl halides is 1. The summed E-state index contributed by atoms with van der Waals surface area (Å²) in [5.41, 5.74) is 0.250. The van der Waals surface area contributed by atoms with E-state index in [2.05, 4.69) is 0 Å². The lowest BCUT2D eigenvalue weighted by Crippen LogP contribution is -2.23. The van der Waals surface area contributed by atoms with Crippen molar-refractivity contribution in [1.29, 1.82) is 0 Å². The fourth-order valence-electron chi connectivity index (χ4n) is 1.61. The molecule has 0 N–H and O–H groups in total. The maximum Gasteiger partial charge on any atom is 0.0534 e. The molecule has 0 aromatic heterocycles. The summed E-state index contributed by atoms with van der Waals surface area (Å²) >= 11 is 5.92. The first-order chi connectivity index (χ1) is 5.83. The zero-order valence-corrected chi connectivity index (χ0v) is 8.40. The minimum absolute atomic E-state index is 0.250. The number of halogens is 1. The maximum absolute atomic E-state index is 5.92. The molecule has 1 atom stereocenters. The summed E-state index contributed by atoms with van der Waals surface area (Å²) < 4.78 is 10.4. The van der Waals surface area contributed by atoms with Gasteiger partial charge < -0.3 is 9.47 Å². The number of rotatable bonds is 5. The lowest BCUT2D eigenvalue weighted by atomic mass is 9.85. The van der Waals surface area contributed by atoms with Gasteiger partial charge in [-0.15, -0.1) is 11.6 Å². The second-order valence-electron chi connectivity index (χ2n) is 3.53. The van der Waals surface area contributed by atoms with Gasteiger partial charge in [0.1, 0.15) is 0 Å². The van der Waals surface area contributed by atoms with Crippen LogP contribution in [0.1, 0.15) is 19.3 Å². The predicted molar refractivity (Wildman–Crippen MR) is 49.7 cm³/mol. The van der Waals surface area contributed by atoms with Crippen LogP contribution in [0.5, 0.6) is 0 Å². The third-order valence-electron chi connectivity index (χ3n) is 2.52. The maximum atomic E-state index is 5.92. The number of methoxy groups -OCH3 is 1. The highest BCUT2D eigenvalue weighted by molar-refractivity contribution is 6.18. The Labute approximate surface area is 79.2 Å². The molecule has 0 aliphatic carbocycles. The molecule has 1 rings (SSSR count). The van der Waals surface area contributed by atoms with Gasteiger partial charge in [-0.2, -0.15) is 0 Å². The molecular weight excluding hydrogens is 176 g/mol. The Morgan fingerprint density at radius 3 is 2.92 bits per heavy atom. The first kappa shape index (κ1) is 10.3. The Balaban J connectivity index is 2.24. The van der Waals surface area contributed by atoms with E-state index in [-0.39, 0.29) is 5.41 Å². The number of hydrogen-bond donors (Lipinski definition) is 0. The van der Waals surface area contributed by atoms with Crippen LogP contribution in [0.4, 0.5) is 0 Å². The molecule has 0 spiro atoms. The Kier molecular flexibility index (Phi) is 4.33. The molecular formula is C9H17ClO2. The smallest absolute Gasteiger partial charge is 0.0534 e. The first-order valence-electron chi connectivity index (χ1n) is 4.46. The highest BCUT2D eigenvalue weighted by Gasteiger charge is 2.33. The van der Waals surface area contributed by atoms with E-state index in [9.17, 15) is 0 Å². The molecule has 1 saturated heterocycles. The van der Waals surface area contributed by atoms with Crippen LogP contribution in [0.3, 0.4) is 0 Å². The molecule has 3 heteroatoms. The Hall–Kier alpha value is 0.210. The molecule has 1 heterocycles. The Morgan fingerprint density at radius 2 is 2.42 bits per heavy atom. The van der Waals surface area contributed by atoms with Crippen LogP contribution in [0.2, 0.25) is 0 Å². The quantitative estimate of drug-likeness (QED) is 0.491. The molecule has 0 bridgehead atoms. The Morgan fingerprint density at radius 1 is 1.58 bits per heavy atom. The molecule has 0 aromatic rings. The monoisotopic (exact) mass is 192 g/mol. The van der Waals surface area contributed by atoms with Crippen molar-refractivity contribution in [2.24, 2.45) is 5.41 Å². The second-order valence-corrected chi connectivity index (χ2v) is 3.80. The van der Waals surface area contributed by atoms with E-state index in [1.54, 1.807) is 7.11 Å². The van der Waals surface area contributed by atoms with Gasteiger partial charge in [-0.1, -0.05) is 0 Å². The minimum Gasteiger partial charge on any atom is -0.385 e. The van der Waals surface area contributed by atoms with Gasteiger partial charge in [-0.05, 0) is 19.3 Å². The third-order valence-corrected chi connectivity index (χ3v) is 3.09. The highest BCUT2D eigenvalue weighted by Crippen LogP contribution is 2.34. The zero-order chi connectivity index (χ0) is 8.86. The van der Waals surface area contributed by atoms with E-state index in [1.165, 1.54) is 0 Å². The van der Waals surface area contributed by atoms with Crippen LogP contribution in [-0.4, -0.2) is 32.8 Å². The molecule has 72 valence electrons. The molecule has 2 nitrogen and oxygen atoms in total. The van der Waals surface area contributed by atoms with E-state index in [0.29, 0.717) is 0 Å². The number of hydrogen-bond acceptors (Lipinski definition) is 2. The average molecular weight is 193 g/mol. The molecule has 0 aromatic carbocycles. The van der Waals surface area contributed by atoms with E-state index in [0.717, 1.165) is 45.0 Å². The Bertz CT molecular complexity index is 122. The van der Waals surface area contributed by atoms with Crippen molar-refractivity contribution in [3.05, 3.63) is 0 Å². The van der Waals surface area contributed by atoms with Gasteiger partial charge >= 0.3 is 0 Å². The van der Waals surface area contributed by atoms with E-state index >= 15 is 0 Å². The summed E-state index contributed by atoms with van der Waals surface area (Å²) in [5.74, 6) is 0.719. The minimum atomic E-state index is 0.250. The molecule has 0 saturated carbocycles. The SMILES string of the molecule is COCCCC1(CCl)CCOC1. The summed E-state index contributed by atoms with van der Waals surface area (Å²) in [6.07, 6.45) is 3.33. The van der Waals surface area contributed by atoms with Crippen molar-refractivity contribution in [2.45, 2.75) is 19.3 Å². The second kappa shape index (κ2) is 5.05. The summed E-state index contributed by atoms with van der Waals surface area (Å²) in [5, 5.41) is 0. The standard InChI is InChI=1S/C9H17ClO2/c1-11-5-2-3-9(7-10)4-6-12-8-9/h2-8H2,1H3. The van der Waals surface area contributed by atoms with Crippen molar-refractivity contribution in [3.63, 3.8) is 0 Å². The first-order valence-corrected chi connectivity index (χ1v) is 4.99. The lowest BCUT2D eigenvalue weighted by Gasteiger charge is -2.23. The predicted octanol–water partition coefficient (Wildman–Crippen LogP) is 2.06. The van der Waals surface area contributed by atoms with Gasteiger partial charge in [-0.3, -0.25) is 0 Å². The highest BCUT2D eigenvalue weighted by atomic mass is 35.5. The van der Waals surface area contributed by atoms with Gasteiger partial charge in [0.25, 0.3) is 0 Å². The van der Waals surface area contributed by atoms with Crippen LogP contribution in [0, 0.1) is 5.41 Å². The van der Waals surface area contributed by atoms with Crippen molar-refractivity contribution < 1.29 is 9.47 Å². The van der Waals surface area contributed by atoms with Crippen molar-refractivity contribution >= 4 is 11.6 Å². The van der Waals surface area contributed by atoms with Gasteiger partial charge in [-0.25, -0.2) is 0 Å². The van der Waals surface area contributed by atoms with Crippen molar-refractivity contribution in [2.75, 3.05) is 32.8 Å². The van der Waals surface area contributed by atoms with Crippen LogP contribution >= 0.6 is 11.6 Å². The van der Waals surface area contributed by atoms with E-state index < -0.39 is 0 Å². The van der Waals surface area contributed by atoms with Gasteiger partial charge in [0, 0.05) is 31.6 Å². The summed E-state index contributed by atoms with van der Waals surface area (Å²) in [4.78, 5) is 0. The molecule has 0 amide bonds. The van der Waals surface area contributed by atoms with Crippen LogP contribution in [-0.2, 0) is 9.47 Å². The van der Waals surface area contributed by atoms with E-state index in [1.807, 2.05) is 0 Å². The number of ether oxygens (including phenoxy) is 2. The summed E-state index contributed by atoms with van der Waals surface area (Å²) in [6.45, 7) is 2.54. The molecule has 1 aliphatic rings. The molecule has 1 unspecified atom stereocenters. The third kappa shape index (κ3) is 2.61. The van der Waals surface area contributed by atoms with Gasteiger partial charge in [0.2, 0.25) is 0 Å². The zero-order valence-electron chi connectivity index (χ0n) is 7.64. The van der Waals surface area contributed by atoms with Crippen molar-refractivity contribution in [1.82, 2.24) is 0 Å². The fourth-order valence-corrected chi connectivity index (χ4v) is 1.95. The van der Waals surface area contributed by atoms with Crippen molar-refractivity contribution in [3.8, 4) is 0 Å². The summed E-state index contributed by atoms with van der Waals surface area (Å²) in [6, 6.07) is 0. The largest absolute Gasteiger partial charge is 0.385 e. The fraction of sp³-hybridized carbons (Fsp3) is 1.00. The van der Waals surface area contributed by atoms with Gasteiger partial charge in [0.15, 0.2) is 0 Å². The topological polar surface area (TPSA) is 18.5 Å². The van der Waals surface area contributed by atoms with Crippen LogP contribution in [0.15, 0.2) is 0 Å². The average Bonchev–Trinajstić information content (AvgIpc) is 2.55. The van der Waals surface area contributed by atoms with Crippen LogP contribution < -0.4 is 0 Å². The molecule has 1 fully saturated rings. The molecule has 0 radical (unpaired) electrons. The lowest BCUT2D eigenvalue weighted by molar-refractivity contribution is 0.140. The normalized spacial score (nSPS) is 29.5. The van der Waals surface area contributed by atoms with Crippen LogP contribution in [0.25, 0.3) is 0 Å².